The van der Waals surface area contributed by atoms with Crippen LogP contribution in [0.2, 0.25) is 0 Å². The van der Waals surface area contributed by atoms with Crippen LogP contribution in [0.25, 0.3) is 0 Å². The van der Waals surface area contributed by atoms with Gasteiger partial charge in [0.25, 0.3) is 0 Å². The van der Waals surface area contributed by atoms with Gasteiger partial charge in [0, 0.05) is 0 Å². The zero-order chi connectivity index (χ0) is 12.7. The Balaban J connectivity index is 0. The predicted molar refractivity (Wildman–Crippen MR) is 55.2 cm³/mol. The number of rotatable bonds is 4. The third kappa shape index (κ3) is 8.57. The van der Waals surface area contributed by atoms with Gasteiger partial charge in [-0.2, -0.15) is 0 Å². The summed E-state index contributed by atoms with van der Waals surface area (Å²) >= 11 is 0. The molecular formula is C8H19O6P. The van der Waals surface area contributed by atoms with Gasteiger partial charge in [-0.3, -0.25) is 4.79 Å². The van der Waals surface area contributed by atoms with E-state index in [0.717, 1.165) is 19.3 Å². The summed E-state index contributed by atoms with van der Waals surface area (Å²) in [7, 11) is -4.64. The van der Waals surface area contributed by atoms with Crippen molar-refractivity contribution in [1.82, 2.24) is 0 Å². The molecule has 0 aromatic rings. The lowest BCUT2D eigenvalue weighted by Gasteiger charge is -2.24. The molecule has 0 aromatic heterocycles. The fourth-order valence-electron chi connectivity index (χ4n) is 1.20. The van der Waals surface area contributed by atoms with Crippen molar-refractivity contribution >= 4 is 13.8 Å². The highest BCUT2D eigenvalue weighted by atomic mass is 31.2. The van der Waals surface area contributed by atoms with Gasteiger partial charge >= 0.3 is 13.8 Å². The van der Waals surface area contributed by atoms with E-state index in [9.17, 15) is 4.79 Å². The Morgan fingerprint density at radius 1 is 1.07 bits per heavy atom. The maximum absolute atomic E-state index is 10.7. The van der Waals surface area contributed by atoms with E-state index in [2.05, 4.69) is 0 Å². The Hall–Kier alpha value is -0.420. The Bertz CT molecular complexity index is 213. The number of carboxylic acids is 1. The average Bonchev–Trinajstić information content (AvgIpc) is 2.05. The van der Waals surface area contributed by atoms with Crippen LogP contribution in [0.15, 0.2) is 0 Å². The van der Waals surface area contributed by atoms with Crippen molar-refractivity contribution in [1.29, 1.82) is 0 Å². The van der Waals surface area contributed by atoms with Crippen LogP contribution in [0.3, 0.4) is 0 Å². The van der Waals surface area contributed by atoms with Crippen molar-refractivity contribution in [2.24, 2.45) is 5.41 Å². The molecule has 6 nitrogen and oxygen atoms in total. The fourth-order valence-corrected chi connectivity index (χ4v) is 1.20. The molecular weight excluding hydrogens is 223 g/mol. The normalized spacial score (nSPS) is 11.6. The maximum atomic E-state index is 10.7. The summed E-state index contributed by atoms with van der Waals surface area (Å²) in [4.78, 5) is 32.3. The van der Waals surface area contributed by atoms with Gasteiger partial charge in [0.05, 0.1) is 5.41 Å². The van der Waals surface area contributed by atoms with E-state index >= 15 is 0 Å². The second kappa shape index (κ2) is 6.95. The standard InChI is InChI=1S/C8H16O2.H3O4P/c1-4-8(5-2,6-3)7(9)10;1-5(2,3)4/h4-6H2,1-3H3,(H,9,10);(H3,1,2,3,4). The first-order chi connectivity index (χ1) is 6.63. The second-order valence-electron chi connectivity index (χ2n) is 3.16. The summed E-state index contributed by atoms with van der Waals surface area (Å²) in [5, 5.41) is 8.82. The molecule has 0 aromatic carbocycles. The maximum Gasteiger partial charge on any atom is 0.466 e. The topological polar surface area (TPSA) is 115 Å². The van der Waals surface area contributed by atoms with Gasteiger partial charge in [-0.1, -0.05) is 20.8 Å². The number of carbonyl (C=O) groups is 1. The number of hydrogen-bond acceptors (Lipinski definition) is 2. The fraction of sp³-hybridized carbons (Fsp3) is 0.875. The summed E-state index contributed by atoms with van der Waals surface area (Å²) < 4.78 is 8.88. The smallest absolute Gasteiger partial charge is 0.466 e. The van der Waals surface area contributed by atoms with Gasteiger partial charge in [0.1, 0.15) is 0 Å². The molecule has 0 aliphatic rings. The summed E-state index contributed by atoms with van der Waals surface area (Å²) in [6.45, 7) is 5.80. The number of carboxylic acid groups (broad SMARTS) is 1. The van der Waals surface area contributed by atoms with E-state index in [-0.39, 0.29) is 0 Å². The molecule has 0 unspecified atom stereocenters. The molecule has 0 heterocycles. The second-order valence-corrected chi connectivity index (χ2v) is 4.19. The van der Waals surface area contributed by atoms with E-state index in [1.165, 1.54) is 0 Å². The minimum Gasteiger partial charge on any atom is -0.481 e. The molecule has 0 saturated heterocycles. The lowest BCUT2D eigenvalue weighted by atomic mass is 9.80. The van der Waals surface area contributed by atoms with Crippen molar-refractivity contribution in [3.63, 3.8) is 0 Å². The Morgan fingerprint density at radius 2 is 1.27 bits per heavy atom. The van der Waals surface area contributed by atoms with Crippen LogP contribution in [0, 0.1) is 5.41 Å². The summed E-state index contributed by atoms with van der Waals surface area (Å²) in [5.41, 5.74) is -0.458. The van der Waals surface area contributed by atoms with Gasteiger partial charge in [0.15, 0.2) is 0 Å². The van der Waals surface area contributed by atoms with Gasteiger partial charge in [0.2, 0.25) is 0 Å². The van der Waals surface area contributed by atoms with Crippen LogP contribution in [0.4, 0.5) is 0 Å². The molecule has 0 spiro atoms. The van der Waals surface area contributed by atoms with Crippen LogP contribution < -0.4 is 0 Å². The average molecular weight is 242 g/mol. The first kappa shape index (κ1) is 17.0. The summed E-state index contributed by atoms with van der Waals surface area (Å²) in [6.07, 6.45) is 2.19. The SMILES string of the molecule is CCC(CC)(CC)C(=O)O.O=P(O)(O)O. The Labute approximate surface area is 89.2 Å². The predicted octanol–water partition coefficient (Wildman–Crippen LogP) is 1.36. The van der Waals surface area contributed by atoms with Crippen LogP contribution in [0.1, 0.15) is 40.0 Å². The van der Waals surface area contributed by atoms with E-state index in [1.807, 2.05) is 20.8 Å². The molecule has 7 heteroatoms. The van der Waals surface area contributed by atoms with E-state index in [0.29, 0.717) is 0 Å². The molecule has 4 N–H and O–H groups in total. The van der Waals surface area contributed by atoms with Crippen LogP contribution in [-0.4, -0.2) is 25.8 Å². The van der Waals surface area contributed by atoms with Crippen LogP contribution >= 0.6 is 7.82 Å². The molecule has 0 aliphatic carbocycles. The largest absolute Gasteiger partial charge is 0.481 e. The molecule has 0 aliphatic heterocycles. The van der Waals surface area contributed by atoms with Crippen molar-refractivity contribution in [2.75, 3.05) is 0 Å². The van der Waals surface area contributed by atoms with Gasteiger partial charge in [-0.25, -0.2) is 4.57 Å². The van der Waals surface area contributed by atoms with Gasteiger partial charge in [-0.15, -0.1) is 0 Å². The number of hydrogen-bond donors (Lipinski definition) is 4. The number of aliphatic carboxylic acids is 1. The molecule has 0 atom stereocenters. The minimum atomic E-state index is -4.64. The third-order valence-electron chi connectivity index (χ3n) is 2.48. The first-order valence-corrected chi connectivity index (χ1v) is 6.21. The van der Waals surface area contributed by atoms with Crippen molar-refractivity contribution in [3.8, 4) is 0 Å². The molecule has 0 amide bonds. The van der Waals surface area contributed by atoms with Crippen molar-refractivity contribution < 1.29 is 29.1 Å². The quantitative estimate of drug-likeness (QED) is 0.553. The van der Waals surface area contributed by atoms with E-state index in [1.54, 1.807) is 0 Å². The molecule has 0 bridgehead atoms. The van der Waals surface area contributed by atoms with Gasteiger partial charge in [-0.05, 0) is 19.3 Å². The van der Waals surface area contributed by atoms with E-state index < -0.39 is 19.2 Å². The zero-order valence-electron chi connectivity index (χ0n) is 9.17. The third-order valence-corrected chi connectivity index (χ3v) is 2.48. The summed E-state index contributed by atoms with van der Waals surface area (Å²) in [6, 6.07) is 0. The molecule has 0 fully saturated rings. The Kier molecular flexibility index (Phi) is 7.88. The summed E-state index contributed by atoms with van der Waals surface area (Å²) in [5.74, 6) is -0.653. The highest BCUT2D eigenvalue weighted by Gasteiger charge is 2.32. The van der Waals surface area contributed by atoms with Gasteiger partial charge < -0.3 is 19.8 Å². The highest BCUT2D eigenvalue weighted by Crippen LogP contribution is 2.30. The zero-order valence-corrected chi connectivity index (χ0v) is 10.1. The monoisotopic (exact) mass is 242 g/mol. The molecule has 0 rings (SSSR count). The lowest BCUT2D eigenvalue weighted by molar-refractivity contribution is -0.149. The van der Waals surface area contributed by atoms with Crippen molar-refractivity contribution in [2.45, 2.75) is 40.0 Å². The lowest BCUT2D eigenvalue weighted by Crippen LogP contribution is -2.28. The molecule has 15 heavy (non-hydrogen) atoms. The Morgan fingerprint density at radius 3 is 1.27 bits per heavy atom. The molecule has 92 valence electrons. The minimum absolute atomic E-state index is 0.458. The van der Waals surface area contributed by atoms with Crippen LogP contribution in [0.5, 0.6) is 0 Å². The molecule has 0 saturated carbocycles. The van der Waals surface area contributed by atoms with E-state index in [4.69, 9.17) is 24.4 Å². The van der Waals surface area contributed by atoms with Crippen LogP contribution in [-0.2, 0) is 9.36 Å². The molecule has 0 radical (unpaired) electrons. The van der Waals surface area contributed by atoms with Crippen molar-refractivity contribution in [3.05, 3.63) is 0 Å². The highest BCUT2D eigenvalue weighted by molar-refractivity contribution is 7.45. The number of phosphoric acid groups is 1. The first-order valence-electron chi connectivity index (χ1n) is 4.64.